The van der Waals surface area contributed by atoms with E-state index >= 15 is 0 Å². The zero-order chi connectivity index (χ0) is 17.8. The average Bonchev–Trinajstić information content (AvgIpc) is 2.92. The Morgan fingerprint density at radius 1 is 1.38 bits per heavy atom. The molecule has 0 amide bonds. The van der Waals surface area contributed by atoms with Gasteiger partial charge in [0.2, 0.25) is 0 Å². The van der Waals surface area contributed by atoms with Crippen LogP contribution >= 0.6 is 0 Å². The third-order valence-electron chi connectivity index (χ3n) is 6.91. The number of fused-ring (bicyclic) bond motifs is 1. The number of carbonyl (C=O) groups excluding carboxylic acids is 1. The highest BCUT2D eigenvalue weighted by atomic mass is 16.5. The summed E-state index contributed by atoms with van der Waals surface area (Å²) < 4.78 is 5.65. The minimum atomic E-state index is -0.686. The summed E-state index contributed by atoms with van der Waals surface area (Å²) in [7, 11) is 0. The highest BCUT2D eigenvalue weighted by molar-refractivity contribution is 5.83. The van der Waals surface area contributed by atoms with E-state index in [0.29, 0.717) is 36.8 Å². The third-order valence-corrected chi connectivity index (χ3v) is 6.91. The molecule has 0 saturated heterocycles. The normalized spacial score (nSPS) is 32.3. The van der Waals surface area contributed by atoms with Gasteiger partial charge < -0.3 is 9.84 Å². The summed E-state index contributed by atoms with van der Waals surface area (Å²) in [6, 6.07) is 0. The molecular weight excluding hydrogens is 300 g/mol. The molecule has 0 radical (unpaired) electrons. The van der Waals surface area contributed by atoms with Crippen molar-refractivity contribution in [1.82, 2.24) is 0 Å². The van der Waals surface area contributed by atoms with Crippen molar-refractivity contribution in [2.75, 3.05) is 13.2 Å². The van der Waals surface area contributed by atoms with E-state index in [1.54, 1.807) is 0 Å². The molecule has 0 heterocycles. The van der Waals surface area contributed by atoms with E-state index in [1.807, 2.05) is 13.8 Å². The zero-order valence-corrected chi connectivity index (χ0v) is 16.0. The molecule has 0 aromatic heterocycles. The Labute approximate surface area is 147 Å². The van der Waals surface area contributed by atoms with Crippen molar-refractivity contribution in [3.05, 3.63) is 12.2 Å². The van der Waals surface area contributed by atoms with Gasteiger partial charge in [0, 0.05) is 12.3 Å². The number of ketones is 1. The lowest BCUT2D eigenvalue weighted by Crippen LogP contribution is -2.39. The molecule has 2 aliphatic rings. The molecule has 0 aromatic carbocycles. The zero-order valence-electron chi connectivity index (χ0n) is 16.0. The van der Waals surface area contributed by atoms with Crippen molar-refractivity contribution in [2.24, 2.45) is 23.2 Å². The van der Waals surface area contributed by atoms with E-state index in [0.717, 1.165) is 32.1 Å². The summed E-state index contributed by atoms with van der Waals surface area (Å²) in [5.41, 5.74) is -0.487. The maximum atomic E-state index is 12.2. The quantitative estimate of drug-likeness (QED) is 0.523. The van der Waals surface area contributed by atoms with Crippen molar-refractivity contribution >= 4 is 5.78 Å². The number of hydrogen-bond acceptors (Lipinski definition) is 3. The van der Waals surface area contributed by atoms with Crippen LogP contribution in [0.25, 0.3) is 0 Å². The van der Waals surface area contributed by atoms with Gasteiger partial charge in [-0.15, -0.1) is 0 Å². The second kappa shape index (κ2) is 8.14. The lowest BCUT2D eigenvalue weighted by molar-refractivity contribution is -0.129. The number of carbonyl (C=O) groups is 1. The van der Waals surface area contributed by atoms with Crippen LogP contribution in [0.4, 0.5) is 0 Å². The largest absolute Gasteiger partial charge is 0.388 e. The van der Waals surface area contributed by atoms with E-state index in [9.17, 15) is 9.90 Å². The first-order chi connectivity index (χ1) is 11.4. The van der Waals surface area contributed by atoms with Crippen molar-refractivity contribution in [2.45, 2.75) is 78.2 Å². The predicted octanol–water partition coefficient (Wildman–Crippen LogP) is 4.53. The number of ether oxygens (including phenoxy) is 1. The summed E-state index contributed by atoms with van der Waals surface area (Å²) in [4.78, 5) is 12.2. The highest BCUT2D eigenvalue weighted by Gasteiger charge is 2.51. The van der Waals surface area contributed by atoms with E-state index in [4.69, 9.17) is 4.74 Å². The van der Waals surface area contributed by atoms with Crippen LogP contribution in [-0.4, -0.2) is 29.7 Å². The smallest absolute Gasteiger partial charge is 0.136 e. The summed E-state index contributed by atoms with van der Waals surface area (Å²) in [5.74, 6) is 1.88. The number of Topliss-reactive ketones (excluding diaryl/α,β-unsaturated/α-hetero) is 1. The first-order valence-electron chi connectivity index (χ1n) is 9.86. The van der Waals surface area contributed by atoms with Gasteiger partial charge in [-0.1, -0.05) is 39.8 Å². The van der Waals surface area contributed by atoms with Crippen molar-refractivity contribution < 1.29 is 14.6 Å². The molecule has 24 heavy (non-hydrogen) atoms. The second-order valence-electron chi connectivity index (χ2n) is 8.30. The van der Waals surface area contributed by atoms with Gasteiger partial charge in [0.05, 0.1) is 18.8 Å². The van der Waals surface area contributed by atoms with Crippen LogP contribution in [-0.2, 0) is 9.53 Å². The standard InChI is InChI=1S/C21H36O3/c1-5-21(23,6-2)15-24-14-8-9-16(3)17-11-12-18-19(22)10-7-13-20(17,18)4/h8-9,16-18,23H,5-7,10-15H2,1-4H3/b9-8+/t16?,17-,18+,20-/m1/s1. The first kappa shape index (κ1) is 19.7. The monoisotopic (exact) mass is 336 g/mol. The molecule has 1 unspecified atom stereocenters. The van der Waals surface area contributed by atoms with Crippen LogP contribution in [0.2, 0.25) is 0 Å². The molecule has 2 fully saturated rings. The molecule has 0 spiro atoms. The molecule has 0 aromatic rings. The fraction of sp³-hybridized carbons (Fsp3) is 0.857. The predicted molar refractivity (Wildman–Crippen MR) is 97.8 cm³/mol. The van der Waals surface area contributed by atoms with Gasteiger partial charge in [0.25, 0.3) is 0 Å². The minimum Gasteiger partial charge on any atom is -0.388 e. The number of rotatable bonds is 8. The molecule has 3 nitrogen and oxygen atoms in total. The van der Waals surface area contributed by atoms with Crippen LogP contribution in [0.15, 0.2) is 12.2 Å². The minimum absolute atomic E-state index is 0.199. The van der Waals surface area contributed by atoms with E-state index < -0.39 is 5.60 Å². The summed E-state index contributed by atoms with van der Waals surface area (Å²) >= 11 is 0. The van der Waals surface area contributed by atoms with E-state index in [2.05, 4.69) is 26.0 Å². The lowest BCUT2D eigenvalue weighted by Gasteiger charge is -2.41. The molecule has 1 N–H and O–H groups in total. The second-order valence-corrected chi connectivity index (χ2v) is 8.30. The molecule has 2 saturated carbocycles. The molecule has 3 heteroatoms. The highest BCUT2D eigenvalue weighted by Crippen LogP contribution is 2.56. The van der Waals surface area contributed by atoms with Crippen LogP contribution in [0.3, 0.4) is 0 Å². The summed E-state index contributed by atoms with van der Waals surface area (Å²) in [6.45, 7) is 9.56. The van der Waals surface area contributed by atoms with Crippen molar-refractivity contribution in [3.8, 4) is 0 Å². The van der Waals surface area contributed by atoms with Gasteiger partial charge >= 0.3 is 0 Å². The molecular formula is C21H36O3. The van der Waals surface area contributed by atoms with E-state index in [1.165, 1.54) is 12.8 Å². The van der Waals surface area contributed by atoms with Gasteiger partial charge in [0.15, 0.2) is 0 Å². The van der Waals surface area contributed by atoms with Gasteiger partial charge in [-0.2, -0.15) is 0 Å². The number of hydrogen-bond donors (Lipinski definition) is 1. The number of allylic oxidation sites excluding steroid dienone is 1. The Kier molecular flexibility index (Phi) is 6.66. The van der Waals surface area contributed by atoms with Crippen LogP contribution < -0.4 is 0 Å². The molecule has 4 atom stereocenters. The Hall–Kier alpha value is -0.670. The Morgan fingerprint density at radius 3 is 2.75 bits per heavy atom. The maximum Gasteiger partial charge on any atom is 0.136 e. The van der Waals surface area contributed by atoms with Crippen LogP contribution in [0.5, 0.6) is 0 Å². The maximum absolute atomic E-state index is 12.2. The van der Waals surface area contributed by atoms with Gasteiger partial charge in [-0.25, -0.2) is 0 Å². The van der Waals surface area contributed by atoms with Crippen LogP contribution in [0, 0.1) is 23.2 Å². The van der Waals surface area contributed by atoms with Crippen LogP contribution in [0.1, 0.15) is 72.6 Å². The topological polar surface area (TPSA) is 46.5 Å². The fourth-order valence-electron chi connectivity index (χ4n) is 5.01. The number of aliphatic hydroxyl groups is 1. The summed E-state index contributed by atoms with van der Waals surface area (Å²) in [6.07, 6.45) is 11.1. The van der Waals surface area contributed by atoms with Crippen molar-refractivity contribution in [3.63, 3.8) is 0 Å². The first-order valence-corrected chi connectivity index (χ1v) is 9.86. The van der Waals surface area contributed by atoms with Gasteiger partial charge in [0.1, 0.15) is 5.78 Å². The Morgan fingerprint density at radius 2 is 2.08 bits per heavy atom. The third kappa shape index (κ3) is 4.11. The summed E-state index contributed by atoms with van der Waals surface area (Å²) in [5, 5.41) is 10.2. The van der Waals surface area contributed by atoms with Gasteiger partial charge in [-0.3, -0.25) is 4.79 Å². The molecule has 138 valence electrons. The fourth-order valence-corrected chi connectivity index (χ4v) is 5.01. The molecule has 0 aliphatic heterocycles. The Bertz CT molecular complexity index is 452. The lowest BCUT2D eigenvalue weighted by atomic mass is 9.62. The molecule has 0 bridgehead atoms. The molecule has 2 rings (SSSR count). The SMILES string of the molecule is CCC(O)(CC)COC/C=C/C(C)[C@H]1CC[C@H]2C(=O)CCC[C@]12C. The molecule has 2 aliphatic carbocycles. The Balaban J connectivity index is 1.84. The van der Waals surface area contributed by atoms with E-state index in [-0.39, 0.29) is 5.41 Å². The van der Waals surface area contributed by atoms with Gasteiger partial charge in [-0.05, 0) is 55.8 Å². The average molecular weight is 337 g/mol. The van der Waals surface area contributed by atoms with Crippen molar-refractivity contribution in [1.29, 1.82) is 0 Å².